The van der Waals surface area contributed by atoms with Gasteiger partial charge in [0.15, 0.2) is 0 Å². The van der Waals surface area contributed by atoms with Crippen molar-refractivity contribution in [3.8, 4) is 6.07 Å². The molecule has 1 fully saturated rings. The SMILES string of the molecule is C=CN1Cc2cc(C(=O)N3CCC(CO)C3)ccc2N(/C=C\NC)C(C#N)C1. The standard InChI is InChI=1S/C21H27N5O2/c1-3-24-13-18-10-17(21(28)25-8-6-16(12-25)15-27)4-5-20(18)26(9-7-23-2)19(11-22)14-24/h3-5,7,9-10,16,19,23,27H,1,6,8,12-15H2,2H3/b9-7-. The number of aliphatic hydroxyl groups excluding tert-OH is 1. The molecule has 7 heteroatoms. The summed E-state index contributed by atoms with van der Waals surface area (Å²) in [5.41, 5.74) is 2.52. The lowest BCUT2D eigenvalue weighted by molar-refractivity contribution is 0.0781. The number of likely N-dealkylation sites (tertiary alicyclic amines) is 1. The second-order valence-corrected chi connectivity index (χ2v) is 7.20. The van der Waals surface area contributed by atoms with Crippen LogP contribution in [0.2, 0.25) is 0 Å². The first kappa shape index (κ1) is 19.8. The molecule has 0 aromatic heterocycles. The number of amides is 1. The van der Waals surface area contributed by atoms with Crippen molar-refractivity contribution in [3.05, 3.63) is 54.5 Å². The Labute approximate surface area is 166 Å². The summed E-state index contributed by atoms with van der Waals surface area (Å²) in [4.78, 5) is 18.7. The normalized spacial score (nSPS) is 22.0. The van der Waals surface area contributed by atoms with Gasteiger partial charge in [-0.05, 0) is 36.4 Å². The number of aliphatic hydroxyl groups is 1. The van der Waals surface area contributed by atoms with Crippen LogP contribution in [0.5, 0.6) is 0 Å². The number of rotatable bonds is 5. The van der Waals surface area contributed by atoms with Crippen LogP contribution < -0.4 is 10.2 Å². The third-order valence-corrected chi connectivity index (χ3v) is 5.36. The van der Waals surface area contributed by atoms with Crippen LogP contribution in [-0.2, 0) is 6.54 Å². The molecular weight excluding hydrogens is 354 g/mol. The summed E-state index contributed by atoms with van der Waals surface area (Å²) in [6.45, 7) is 6.36. The van der Waals surface area contributed by atoms with E-state index < -0.39 is 0 Å². The maximum absolute atomic E-state index is 12.9. The van der Waals surface area contributed by atoms with Gasteiger partial charge in [-0.1, -0.05) is 6.58 Å². The van der Waals surface area contributed by atoms with Crippen molar-refractivity contribution in [2.75, 3.05) is 38.2 Å². The number of carbonyl (C=O) groups excluding carboxylic acids is 1. The largest absolute Gasteiger partial charge is 0.396 e. The molecule has 28 heavy (non-hydrogen) atoms. The molecule has 2 atom stereocenters. The van der Waals surface area contributed by atoms with Gasteiger partial charge < -0.3 is 25.1 Å². The Morgan fingerprint density at radius 1 is 1.46 bits per heavy atom. The predicted molar refractivity (Wildman–Crippen MR) is 108 cm³/mol. The smallest absolute Gasteiger partial charge is 0.253 e. The van der Waals surface area contributed by atoms with E-state index >= 15 is 0 Å². The molecule has 1 saturated heterocycles. The Morgan fingerprint density at radius 2 is 2.29 bits per heavy atom. The highest BCUT2D eigenvalue weighted by Gasteiger charge is 2.29. The number of carbonyl (C=O) groups is 1. The van der Waals surface area contributed by atoms with Gasteiger partial charge in [-0.3, -0.25) is 4.79 Å². The minimum atomic E-state index is -0.366. The molecule has 0 bridgehead atoms. The molecule has 2 aliphatic rings. The summed E-state index contributed by atoms with van der Waals surface area (Å²) in [5, 5.41) is 22.0. The molecule has 1 aromatic rings. The van der Waals surface area contributed by atoms with E-state index in [1.54, 1.807) is 17.3 Å². The average Bonchev–Trinajstić information content (AvgIpc) is 3.15. The van der Waals surface area contributed by atoms with Gasteiger partial charge in [0.1, 0.15) is 6.04 Å². The Morgan fingerprint density at radius 3 is 2.93 bits per heavy atom. The molecule has 7 nitrogen and oxygen atoms in total. The molecular formula is C21H27N5O2. The van der Waals surface area contributed by atoms with Gasteiger partial charge in [-0.25, -0.2) is 0 Å². The Hall–Kier alpha value is -2.98. The fourth-order valence-electron chi connectivity index (χ4n) is 3.79. The highest BCUT2D eigenvalue weighted by atomic mass is 16.3. The van der Waals surface area contributed by atoms with Crippen LogP contribution in [0, 0.1) is 17.2 Å². The fraction of sp³-hybridized carbons (Fsp3) is 0.429. The maximum Gasteiger partial charge on any atom is 0.253 e. The number of nitrogens with zero attached hydrogens (tertiary/aromatic N) is 4. The highest BCUT2D eigenvalue weighted by Crippen LogP contribution is 2.30. The van der Waals surface area contributed by atoms with Gasteiger partial charge in [0.25, 0.3) is 5.91 Å². The van der Waals surface area contributed by atoms with Crippen LogP contribution in [0.4, 0.5) is 5.69 Å². The van der Waals surface area contributed by atoms with Crippen LogP contribution in [0.15, 0.2) is 43.4 Å². The molecule has 2 N–H and O–H groups in total. The molecule has 2 unspecified atom stereocenters. The lowest BCUT2D eigenvalue weighted by atomic mass is 10.1. The van der Waals surface area contributed by atoms with E-state index in [9.17, 15) is 15.2 Å². The van der Waals surface area contributed by atoms with Crippen LogP contribution in [0.3, 0.4) is 0 Å². The zero-order chi connectivity index (χ0) is 20.1. The van der Waals surface area contributed by atoms with Gasteiger partial charge in [0, 0.05) is 62.9 Å². The molecule has 2 aliphatic heterocycles. The molecule has 1 aromatic carbocycles. The molecule has 0 radical (unpaired) electrons. The zero-order valence-electron chi connectivity index (χ0n) is 16.2. The first-order valence-electron chi connectivity index (χ1n) is 9.52. The molecule has 1 amide bonds. The van der Waals surface area contributed by atoms with Crippen LogP contribution in [-0.4, -0.2) is 60.1 Å². The van der Waals surface area contributed by atoms with E-state index in [0.717, 1.165) is 17.7 Å². The predicted octanol–water partition coefficient (Wildman–Crippen LogP) is 1.49. The van der Waals surface area contributed by atoms with Gasteiger partial charge in [-0.15, -0.1) is 0 Å². The van der Waals surface area contributed by atoms with Crippen molar-refractivity contribution in [1.82, 2.24) is 15.1 Å². The van der Waals surface area contributed by atoms with Gasteiger partial charge in [0.05, 0.1) is 12.6 Å². The summed E-state index contributed by atoms with van der Waals surface area (Å²) >= 11 is 0. The van der Waals surface area contributed by atoms with Crippen molar-refractivity contribution in [2.24, 2.45) is 5.92 Å². The fourth-order valence-corrected chi connectivity index (χ4v) is 3.79. The summed E-state index contributed by atoms with van der Waals surface area (Å²) in [7, 11) is 1.81. The quantitative estimate of drug-likeness (QED) is 0.804. The van der Waals surface area contributed by atoms with Gasteiger partial charge in [0.2, 0.25) is 0 Å². The average molecular weight is 381 g/mol. The van der Waals surface area contributed by atoms with Crippen LogP contribution in [0.25, 0.3) is 0 Å². The van der Waals surface area contributed by atoms with E-state index in [4.69, 9.17) is 0 Å². The van der Waals surface area contributed by atoms with Crippen LogP contribution >= 0.6 is 0 Å². The topological polar surface area (TPSA) is 82.8 Å². The summed E-state index contributed by atoms with van der Waals surface area (Å²) in [6, 6.07) is 7.65. The van der Waals surface area contributed by atoms with E-state index in [-0.39, 0.29) is 24.5 Å². The number of hydrogen-bond donors (Lipinski definition) is 2. The number of anilines is 1. The van der Waals surface area contributed by atoms with Crippen molar-refractivity contribution in [3.63, 3.8) is 0 Å². The van der Waals surface area contributed by atoms with Crippen LogP contribution in [0.1, 0.15) is 22.3 Å². The summed E-state index contributed by atoms with van der Waals surface area (Å²) < 4.78 is 0. The number of hydrogen-bond acceptors (Lipinski definition) is 6. The minimum Gasteiger partial charge on any atom is -0.396 e. The molecule has 2 heterocycles. The highest BCUT2D eigenvalue weighted by molar-refractivity contribution is 5.95. The third kappa shape index (κ3) is 3.97. The number of benzene rings is 1. The van der Waals surface area contributed by atoms with Gasteiger partial charge in [-0.2, -0.15) is 5.26 Å². The number of nitrogens with one attached hydrogen (secondary N) is 1. The molecule has 0 spiro atoms. The Kier molecular flexibility index (Phi) is 6.22. The van der Waals surface area contributed by atoms with Crippen molar-refractivity contribution >= 4 is 11.6 Å². The summed E-state index contributed by atoms with van der Waals surface area (Å²) in [5.74, 6) is 0.155. The van der Waals surface area contributed by atoms with E-state index in [2.05, 4.69) is 18.0 Å². The number of nitriles is 1. The lowest BCUT2D eigenvalue weighted by Gasteiger charge is -2.26. The molecule has 0 aliphatic carbocycles. The second kappa shape index (κ2) is 8.81. The summed E-state index contributed by atoms with van der Waals surface area (Å²) in [6.07, 6.45) is 6.22. The maximum atomic E-state index is 12.9. The van der Waals surface area contributed by atoms with Crippen molar-refractivity contribution < 1.29 is 9.90 Å². The minimum absolute atomic E-state index is 0.0118. The van der Waals surface area contributed by atoms with Crippen molar-refractivity contribution in [2.45, 2.75) is 19.0 Å². The molecule has 148 valence electrons. The third-order valence-electron chi connectivity index (χ3n) is 5.36. The zero-order valence-corrected chi connectivity index (χ0v) is 16.2. The molecule has 3 rings (SSSR count). The first-order valence-corrected chi connectivity index (χ1v) is 9.52. The second-order valence-electron chi connectivity index (χ2n) is 7.20. The van der Waals surface area contributed by atoms with Gasteiger partial charge >= 0.3 is 0 Å². The first-order chi connectivity index (χ1) is 13.6. The monoisotopic (exact) mass is 381 g/mol. The molecule has 0 saturated carbocycles. The van der Waals surface area contributed by atoms with E-state index in [1.807, 2.05) is 41.2 Å². The van der Waals surface area contributed by atoms with Crippen molar-refractivity contribution in [1.29, 1.82) is 5.26 Å². The van der Waals surface area contributed by atoms with E-state index in [0.29, 0.717) is 31.7 Å². The number of fused-ring (bicyclic) bond motifs is 1. The Bertz CT molecular complexity index is 800. The van der Waals surface area contributed by atoms with E-state index in [1.165, 1.54) is 0 Å². The lowest BCUT2D eigenvalue weighted by Crippen LogP contribution is -2.36. The Balaban J connectivity index is 1.94.